The molecule has 0 saturated heterocycles. The zero-order chi connectivity index (χ0) is 11.7. The van der Waals surface area contributed by atoms with Crippen molar-refractivity contribution in [2.75, 3.05) is 7.11 Å². The molecule has 6 heteroatoms. The third kappa shape index (κ3) is 1.50. The minimum Gasteiger partial charge on any atom is -0.493 e. The molecule has 0 saturated carbocycles. The molecule has 0 fully saturated rings. The summed E-state index contributed by atoms with van der Waals surface area (Å²) in [6.07, 6.45) is 0. The summed E-state index contributed by atoms with van der Waals surface area (Å²) < 4.78 is 9.93. The smallest absolute Gasteiger partial charge is 0.368 e. The average Bonchev–Trinajstić information content (AvgIpc) is 2.27. The van der Waals surface area contributed by atoms with Crippen LogP contribution in [0.25, 0.3) is 11.1 Å². The lowest BCUT2D eigenvalue weighted by Crippen LogP contribution is -2.23. The van der Waals surface area contributed by atoms with Crippen LogP contribution in [0.4, 0.5) is 0 Å². The number of para-hydroxylation sites is 1. The predicted octanol–water partition coefficient (Wildman–Crippen LogP) is 0.296. The van der Waals surface area contributed by atoms with E-state index < -0.39 is 17.2 Å². The highest BCUT2D eigenvalue weighted by molar-refractivity contribution is 5.92. The van der Waals surface area contributed by atoms with E-state index in [2.05, 4.69) is 4.98 Å². The van der Waals surface area contributed by atoms with Gasteiger partial charge in [-0.2, -0.15) is 0 Å². The third-order valence-electron chi connectivity index (χ3n) is 2.03. The largest absolute Gasteiger partial charge is 0.493 e. The quantitative estimate of drug-likeness (QED) is 0.784. The number of aromatic nitrogens is 1. The Labute approximate surface area is 89.6 Å². The zero-order valence-electron chi connectivity index (χ0n) is 8.39. The van der Waals surface area contributed by atoms with Crippen molar-refractivity contribution >= 4 is 17.0 Å². The van der Waals surface area contributed by atoms with Crippen LogP contribution >= 0.6 is 0 Å². The number of carbonyl (C=O) groups excluding carboxylic acids is 1. The van der Waals surface area contributed by atoms with Gasteiger partial charge >= 0.3 is 5.63 Å². The SMILES string of the molecule is COc1cccc2nc(C(N)=O)c(=O)oc12. The average molecular weight is 220 g/mol. The molecule has 6 nitrogen and oxygen atoms in total. The Balaban J connectivity index is 2.83. The van der Waals surface area contributed by atoms with E-state index in [1.807, 2.05) is 0 Å². The Morgan fingerprint density at radius 2 is 2.25 bits per heavy atom. The van der Waals surface area contributed by atoms with E-state index in [0.717, 1.165) is 0 Å². The van der Waals surface area contributed by atoms with Gasteiger partial charge in [-0.3, -0.25) is 4.79 Å². The van der Waals surface area contributed by atoms with E-state index in [4.69, 9.17) is 14.9 Å². The number of methoxy groups -OCH3 is 1. The van der Waals surface area contributed by atoms with Gasteiger partial charge in [-0.25, -0.2) is 9.78 Å². The molecule has 1 aromatic carbocycles. The molecular formula is C10H8N2O4. The first-order valence-corrected chi connectivity index (χ1v) is 4.41. The maximum atomic E-state index is 11.4. The first-order valence-electron chi connectivity index (χ1n) is 4.41. The molecule has 0 bridgehead atoms. The molecule has 16 heavy (non-hydrogen) atoms. The Kier molecular flexibility index (Phi) is 2.32. The van der Waals surface area contributed by atoms with Crippen LogP contribution in [0.1, 0.15) is 10.5 Å². The molecule has 2 aromatic rings. The van der Waals surface area contributed by atoms with Crippen molar-refractivity contribution in [2.45, 2.75) is 0 Å². The van der Waals surface area contributed by atoms with Gasteiger partial charge < -0.3 is 14.9 Å². The molecule has 0 aliphatic carbocycles. The fraction of sp³-hybridized carbons (Fsp3) is 0.100. The van der Waals surface area contributed by atoms with Gasteiger partial charge in [0, 0.05) is 0 Å². The van der Waals surface area contributed by atoms with Crippen molar-refractivity contribution in [1.82, 2.24) is 4.98 Å². The fourth-order valence-corrected chi connectivity index (χ4v) is 1.32. The normalized spacial score (nSPS) is 10.3. The number of benzene rings is 1. The van der Waals surface area contributed by atoms with E-state index in [0.29, 0.717) is 11.3 Å². The Bertz CT molecular complexity index is 618. The van der Waals surface area contributed by atoms with Crippen LogP contribution in [-0.2, 0) is 0 Å². The van der Waals surface area contributed by atoms with Crippen molar-refractivity contribution < 1.29 is 13.9 Å². The summed E-state index contributed by atoms with van der Waals surface area (Å²) in [5.74, 6) is -0.545. The highest BCUT2D eigenvalue weighted by atomic mass is 16.5. The fourth-order valence-electron chi connectivity index (χ4n) is 1.32. The monoisotopic (exact) mass is 220 g/mol. The highest BCUT2D eigenvalue weighted by Gasteiger charge is 2.14. The van der Waals surface area contributed by atoms with Crippen LogP contribution in [-0.4, -0.2) is 18.0 Å². The molecule has 1 amide bonds. The number of amides is 1. The summed E-state index contributed by atoms with van der Waals surface area (Å²) in [6, 6.07) is 4.88. The van der Waals surface area contributed by atoms with Gasteiger partial charge in [0.05, 0.1) is 7.11 Å². The van der Waals surface area contributed by atoms with Crippen LogP contribution in [0, 0.1) is 0 Å². The van der Waals surface area contributed by atoms with Crippen molar-refractivity contribution in [3.05, 3.63) is 34.3 Å². The van der Waals surface area contributed by atoms with E-state index in [-0.39, 0.29) is 5.58 Å². The minimum absolute atomic E-state index is 0.194. The van der Waals surface area contributed by atoms with Crippen molar-refractivity contribution in [3.8, 4) is 5.75 Å². The Morgan fingerprint density at radius 1 is 1.50 bits per heavy atom. The molecule has 1 heterocycles. The van der Waals surface area contributed by atoms with E-state index in [1.54, 1.807) is 18.2 Å². The van der Waals surface area contributed by atoms with Gasteiger partial charge in [-0.1, -0.05) is 6.07 Å². The highest BCUT2D eigenvalue weighted by Crippen LogP contribution is 2.22. The molecule has 0 unspecified atom stereocenters. The molecule has 0 spiro atoms. The Hall–Kier alpha value is -2.37. The number of primary amides is 1. The molecule has 0 atom stereocenters. The number of nitrogens with two attached hydrogens (primary N) is 1. The number of carbonyl (C=O) groups is 1. The summed E-state index contributed by atoms with van der Waals surface area (Å²) in [6.45, 7) is 0. The lowest BCUT2D eigenvalue weighted by atomic mass is 10.3. The second kappa shape index (κ2) is 3.65. The summed E-state index contributed by atoms with van der Waals surface area (Å²) in [5.41, 5.74) is 4.23. The lowest BCUT2D eigenvalue weighted by Gasteiger charge is -2.03. The van der Waals surface area contributed by atoms with Crippen molar-refractivity contribution in [3.63, 3.8) is 0 Å². The van der Waals surface area contributed by atoms with Crippen LogP contribution in [0.2, 0.25) is 0 Å². The maximum absolute atomic E-state index is 11.4. The summed E-state index contributed by atoms with van der Waals surface area (Å²) in [4.78, 5) is 26.1. The maximum Gasteiger partial charge on any atom is 0.368 e. The van der Waals surface area contributed by atoms with Crippen LogP contribution in [0.3, 0.4) is 0 Å². The number of fused-ring (bicyclic) bond motifs is 1. The van der Waals surface area contributed by atoms with Gasteiger partial charge in [0.1, 0.15) is 5.52 Å². The third-order valence-corrected chi connectivity index (χ3v) is 2.03. The number of rotatable bonds is 2. The van der Waals surface area contributed by atoms with Crippen molar-refractivity contribution in [2.24, 2.45) is 5.73 Å². The second-order valence-electron chi connectivity index (χ2n) is 3.02. The van der Waals surface area contributed by atoms with E-state index in [1.165, 1.54) is 7.11 Å². The molecule has 1 aromatic heterocycles. The van der Waals surface area contributed by atoms with Crippen LogP contribution in [0.15, 0.2) is 27.4 Å². The summed E-state index contributed by atoms with van der Waals surface area (Å²) >= 11 is 0. The molecular weight excluding hydrogens is 212 g/mol. The summed E-state index contributed by atoms with van der Waals surface area (Å²) in [5, 5.41) is 0. The Morgan fingerprint density at radius 3 is 2.88 bits per heavy atom. The first-order chi connectivity index (χ1) is 7.63. The standard InChI is InChI=1S/C10H8N2O4/c1-15-6-4-2-3-5-8(6)16-10(14)7(12-5)9(11)13/h2-4H,1H3,(H2,11,13). The number of hydrogen-bond donors (Lipinski definition) is 1. The van der Waals surface area contributed by atoms with Crippen LogP contribution in [0.5, 0.6) is 5.75 Å². The summed E-state index contributed by atoms with van der Waals surface area (Å²) in [7, 11) is 1.44. The van der Waals surface area contributed by atoms with Gasteiger partial charge in [-0.05, 0) is 12.1 Å². The minimum atomic E-state index is -0.918. The van der Waals surface area contributed by atoms with Crippen molar-refractivity contribution in [1.29, 1.82) is 0 Å². The molecule has 0 aliphatic rings. The molecule has 0 radical (unpaired) electrons. The van der Waals surface area contributed by atoms with Gasteiger partial charge in [0.25, 0.3) is 5.91 Å². The number of nitrogens with zero attached hydrogens (tertiary/aromatic N) is 1. The lowest BCUT2D eigenvalue weighted by molar-refractivity contribution is 0.0992. The topological polar surface area (TPSA) is 95.4 Å². The number of ether oxygens (including phenoxy) is 1. The first kappa shape index (κ1) is 10.2. The zero-order valence-corrected chi connectivity index (χ0v) is 8.39. The molecule has 2 N–H and O–H groups in total. The van der Waals surface area contributed by atoms with Crippen LogP contribution < -0.4 is 16.1 Å². The van der Waals surface area contributed by atoms with Gasteiger partial charge in [0.15, 0.2) is 11.3 Å². The predicted molar refractivity (Wildman–Crippen MR) is 55.3 cm³/mol. The van der Waals surface area contributed by atoms with E-state index >= 15 is 0 Å². The van der Waals surface area contributed by atoms with Gasteiger partial charge in [-0.15, -0.1) is 0 Å². The van der Waals surface area contributed by atoms with E-state index in [9.17, 15) is 9.59 Å². The number of hydrogen-bond acceptors (Lipinski definition) is 5. The molecule has 0 aliphatic heterocycles. The second-order valence-corrected chi connectivity index (χ2v) is 3.02. The molecule has 2 rings (SSSR count). The molecule has 82 valence electrons. The van der Waals surface area contributed by atoms with Gasteiger partial charge in [0.2, 0.25) is 5.69 Å².